The molecule has 8 heteroatoms. The lowest BCUT2D eigenvalue weighted by Crippen LogP contribution is -2.08. The number of benzene rings is 2. The number of rotatable bonds is 4. The lowest BCUT2D eigenvalue weighted by molar-refractivity contribution is -0.141. The van der Waals surface area contributed by atoms with E-state index >= 15 is 0 Å². The van der Waals surface area contributed by atoms with Gasteiger partial charge in [0.05, 0.1) is 24.1 Å². The average Bonchev–Trinajstić information content (AvgIpc) is 3.07. The van der Waals surface area contributed by atoms with Gasteiger partial charge in [-0.25, -0.2) is 9.48 Å². The first-order chi connectivity index (χ1) is 12.3. The molecule has 1 N–H and O–H groups in total. The Kier molecular flexibility index (Phi) is 4.41. The van der Waals surface area contributed by atoms with Crippen molar-refractivity contribution in [1.82, 2.24) is 9.78 Å². The third-order valence-corrected chi connectivity index (χ3v) is 3.72. The predicted molar refractivity (Wildman–Crippen MR) is 87.5 cm³/mol. The molecule has 0 saturated heterocycles. The maximum Gasteiger partial charge on any atom is 0.435 e. The summed E-state index contributed by atoms with van der Waals surface area (Å²) in [4.78, 5) is 11.2. The van der Waals surface area contributed by atoms with Crippen molar-refractivity contribution < 1.29 is 27.8 Å². The van der Waals surface area contributed by atoms with Gasteiger partial charge in [0.25, 0.3) is 0 Å². The number of alkyl halides is 3. The topological polar surface area (TPSA) is 64.4 Å². The van der Waals surface area contributed by atoms with Gasteiger partial charge >= 0.3 is 12.1 Å². The summed E-state index contributed by atoms with van der Waals surface area (Å²) in [7, 11) is 1.41. The molecule has 3 rings (SSSR count). The third kappa shape index (κ3) is 3.26. The van der Waals surface area contributed by atoms with Crippen molar-refractivity contribution in [2.24, 2.45) is 0 Å². The van der Waals surface area contributed by atoms with Crippen molar-refractivity contribution in [1.29, 1.82) is 0 Å². The summed E-state index contributed by atoms with van der Waals surface area (Å²) in [6.45, 7) is 0. The number of aromatic nitrogens is 2. The van der Waals surface area contributed by atoms with Crippen molar-refractivity contribution in [2.75, 3.05) is 7.11 Å². The zero-order valence-corrected chi connectivity index (χ0v) is 13.5. The molecule has 0 aliphatic carbocycles. The number of ether oxygens (including phenoxy) is 1. The number of halogens is 3. The van der Waals surface area contributed by atoms with Crippen LogP contribution in [0.25, 0.3) is 16.9 Å². The number of nitrogens with zero attached hydrogens (tertiary/aromatic N) is 2. The summed E-state index contributed by atoms with van der Waals surface area (Å²) in [5.74, 6) is -0.814. The molecule has 0 saturated carbocycles. The maximum atomic E-state index is 13.2. The highest BCUT2D eigenvalue weighted by molar-refractivity contribution is 5.88. The SMILES string of the molecule is COc1ccccc1-c1cc(C(F)(F)F)nn1-c1cccc(C(=O)O)c1. The van der Waals surface area contributed by atoms with Crippen LogP contribution in [-0.2, 0) is 6.18 Å². The van der Waals surface area contributed by atoms with E-state index in [2.05, 4.69) is 5.10 Å². The number of carbonyl (C=O) groups is 1. The molecule has 0 atom stereocenters. The summed E-state index contributed by atoms with van der Waals surface area (Å²) in [6, 6.07) is 13.0. The Morgan fingerprint density at radius 3 is 2.50 bits per heavy atom. The smallest absolute Gasteiger partial charge is 0.435 e. The Balaban J connectivity index is 2.26. The molecule has 2 aromatic carbocycles. The first-order valence-electron chi connectivity index (χ1n) is 7.45. The molecular weight excluding hydrogens is 349 g/mol. The van der Waals surface area contributed by atoms with Gasteiger partial charge in [-0.15, -0.1) is 0 Å². The Morgan fingerprint density at radius 1 is 1.12 bits per heavy atom. The fourth-order valence-corrected chi connectivity index (χ4v) is 2.54. The van der Waals surface area contributed by atoms with Crippen LogP contribution in [0.5, 0.6) is 5.75 Å². The molecular formula is C18H13F3N2O3. The summed E-state index contributed by atoms with van der Waals surface area (Å²) in [6.07, 6.45) is -4.65. The van der Waals surface area contributed by atoms with E-state index in [1.807, 2.05) is 0 Å². The van der Waals surface area contributed by atoms with E-state index < -0.39 is 17.8 Å². The Bertz CT molecular complexity index is 964. The van der Waals surface area contributed by atoms with Crippen molar-refractivity contribution >= 4 is 5.97 Å². The number of para-hydroxylation sites is 1. The predicted octanol–water partition coefficient (Wildman–Crippen LogP) is 4.26. The van der Waals surface area contributed by atoms with Crippen LogP contribution in [0.15, 0.2) is 54.6 Å². The number of aromatic carboxylic acids is 1. The van der Waals surface area contributed by atoms with Gasteiger partial charge in [-0.3, -0.25) is 0 Å². The molecule has 0 aliphatic heterocycles. The lowest BCUT2D eigenvalue weighted by Gasteiger charge is -2.11. The van der Waals surface area contributed by atoms with Crippen LogP contribution < -0.4 is 4.74 Å². The van der Waals surface area contributed by atoms with Crippen LogP contribution >= 0.6 is 0 Å². The van der Waals surface area contributed by atoms with Crippen LogP contribution in [-0.4, -0.2) is 28.0 Å². The van der Waals surface area contributed by atoms with E-state index in [-0.39, 0.29) is 16.9 Å². The molecule has 0 bridgehead atoms. The molecule has 134 valence electrons. The molecule has 1 aromatic heterocycles. The van der Waals surface area contributed by atoms with Crippen LogP contribution in [0.1, 0.15) is 16.1 Å². The first-order valence-corrected chi connectivity index (χ1v) is 7.45. The van der Waals surface area contributed by atoms with Crippen molar-refractivity contribution in [3.05, 3.63) is 65.9 Å². The molecule has 0 amide bonds. The molecule has 1 heterocycles. The highest BCUT2D eigenvalue weighted by atomic mass is 19.4. The summed E-state index contributed by atoms with van der Waals surface area (Å²) in [5.41, 5.74) is -0.408. The van der Waals surface area contributed by atoms with Gasteiger partial charge < -0.3 is 9.84 Å². The number of carboxylic acid groups (broad SMARTS) is 1. The Hall–Kier alpha value is -3.29. The average molecular weight is 362 g/mol. The van der Waals surface area contributed by atoms with Gasteiger partial charge in [0.1, 0.15) is 5.75 Å². The zero-order chi connectivity index (χ0) is 18.9. The number of hydrogen-bond donors (Lipinski definition) is 1. The number of hydrogen-bond acceptors (Lipinski definition) is 3. The van der Waals surface area contributed by atoms with E-state index in [0.717, 1.165) is 10.7 Å². The van der Waals surface area contributed by atoms with Gasteiger partial charge in [0.15, 0.2) is 5.69 Å². The molecule has 0 spiro atoms. The van der Waals surface area contributed by atoms with Gasteiger partial charge in [0.2, 0.25) is 0 Å². The van der Waals surface area contributed by atoms with Crippen molar-refractivity contribution in [3.63, 3.8) is 0 Å². The second-order valence-corrected chi connectivity index (χ2v) is 5.38. The molecule has 0 fully saturated rings. The fraction of sp³-hybridized carbons (Fsp3) is 0.111. The third-order valence-electron chi connectivity index (χ3n) is 3.72. The second-order valence-electron chi connectivity index (χ2n) is 5.38. The highest BCUT2D eigenvalue weighted by Gasteiger charge is 2.35. The van der Waals surface area contributed by atoms with Crippen molar-refractivity contribution in [3.8, 4) is 22.7 Å². The molecule has 26 heavy (non-hydrogen) atoms. The lowest BCUT2D eigenvalue weighted by atomic mass is 10.1. The second kappa shape index (κ2) is 6.55. The monoisotopic (exact) mass is 362 g/mol. The summed E-state index contributed by atoms with van der Waals surface area (Å²) < 4.78 is 45.9. The maximum absolute atomic E-state index is 13.2. The molecule has 5 nitrogen and oxygen atoms in total. The fourth-order valence-electron chi connectivity index (χ4n) is 2.54. The molecule has 0 radical (unpaired) electrons. The molecule has 0 aliphatic rings. The van der Waals surface area contributed by atoms with Crippen molar-refractivity contribution in [2.45, 2.75) is 6.18 Å². The minimum absolute atomic E-state index is 0.0578. The Labute approximate surface area is 146 Å². The zero-order valence-electron chi connectivity index (χ0n) is 13.5. The van der Waals surface area contributed by atoms with Gasteiger partial charge in [-0.2, -0.15) is 18.3 Å². The van der Waals surface area contributed by atoms with Gasteiger partial charge in [-0.1, -0.05) is 18.2 Å². The van der Waals surface area contributed by atoms with Crippen LogP contribution in [0.4, 0.5) is 13.2 Å². The Morgan fingerprint density at radius 2 is 1.85 bits per heavy atom. The van der Waals surface area contributed by atoms with Crippen LogP contribution in [0.3, 0.4) is 0 Å². The van der Waals surface area contributed by atoms with E-state index in [9.17, 15) is 18.0 Å². The quantitative estimate of drug-likeness (QED) is 0.753. The minimum atomic E-state index is -4.65. The first kappa shape index (κ1) is 17.5. The van der Waals surface area contributed by atoms with E-state index in [0.29, 0.717) is 11.3 Å². The number of carboxylic acids is 1. The van der Waals surface area contributed by atoms with Crippen LogP contribution in [0.2, 0.25) is 0 Å². The van der Waals surface area contributed by atoms with Crippen LogP contribution in [0, 0.1) is 0 Å². The number of methoxy groups -OCH3 is 1. The van der Waals surface area contributed by atoms with E-state index in [4.69, 9.17) is 9.84 Å². The summed E-state index contributed by atoms with van der Waals surface area (Å²) >= 11 is 0. The normalized spacial score (nSPS) is 11.4. The standard InChI is InChI=1S/C18H13F3N2O3/c1-26-15-8-3-2-7-13(15)14-10-16(18(19,20)21)22-23(14)12-6-4-5-11(9-12)17(24)25/h2-10H,1H3,(H,24,25). The summed E-state index contributed by atoms with van der Waals surface area (Å²) in [5, 5.41) is 12.8. The van der Waals surface area contributed by atoms with E-state index in [1.165, 1.54) is 31.4 Å². The molecule has 3 aromatic rings. The van der Waals surface area contributed by atoms with Gasteiger partial charge in [-0.05, 0) is 36.4 Å². The van der Waals surface area contributed by atoms with Gasteiger partial charge in [0, 0.05) is 5.56 Å². The van der Waals surface area contributed by atoms with E-state index in [1.54, 1.807) is 24.3 Å². The molecule has 0 unspecified atom stereocenters. The minimum Gasteiger partial charge on any atom is -0.496 e. The largest absolute Gasteiger partial charge is 0.496 e. The highest BCUT2D eigenvalue weighted by Crippen LogP contribution is 2.36.